The van der Waals surface area contributed by atoms with Crippen molar-refractivity contribution in [2.75, 3.05) is 13.1 Å². The Hall–Kier alpha value is -1.42. The van der Waals surface area contributed by atoms with Crippen LogP contribution in [0.1, 0.15) is 18.4 Å². The first kappa shape index (κ1) is 12.6. The zero-order valence-corrected chi connectivity index (χ0v) is 9.21. The van der Waals surface area contributed by atoms with Gasteiger partial charge in [-0.15, -0.1) is 0 Å². The molecule has 1 amide bonds. The second-order valence-corrected chi connectivity index (χ2v) is 3.62. The molecule has 4 heteroatoms. The molecule has 1 aromatic carbocycles. The highest BCUT2D eigenvalue weighted by Crippen LogP contribution is 2.05. The van der Waals surface area contributed by atoms with Crippen molar-refractivity contribution in [3.63, 3.8) is 0 Å². The summed E-state index contributed by atoms with van der Waals surface area (Å²) in [7, 11) is 0. The molecule has 16 heavy (non-hydrogen) atoms. The number of nitrogens with two attached hydrogens (primary N) is 1. The number of rotatable bonds is 6. The van der Waals surface area contributed by atoms with Crippen molar-refractivity contribution < 1.29 is 9.18 Å². The topological polar surface area (TPSA) is 55.1 Å². The van der Waals surface area contributed by atoms with Crippen LogP contribution < -0.4 is 11.1 Å². The Morgan fingerprint density at radius 1 is 1.31 bits per heavy atom. The van der Waals surface area contributed by atoms with Gasteiger partial charge in [-0.3, -0.25) is 4.79 Å². The maximum Gasteiger partial charge on any atom is 0.220 e. The lowest BCUT2D eigenvalue weighted by atomic mass is 10.1. The molecule has 0 heterocycles. The molecule has 0 radical (unpaired) electrons. The van der Waals surface area contributed by atoms with Gasteiger partial charge < -0.3 is 11.1 Å². The fourth-order valence-electron chi connectivity index (χ4n) is 1.33. The fourth-order valence-corrected chi connectivity index (χ4v) is 1.33. The Kier molecular flexibility index (Phi) is 5.50. The molecule has 0 aromatic heterocycles. The highest BCUT2D eigenvalue weighted by atomic mass is 19.1. The summed E-state index contributed by atoms with van der Waals surface area (Å²) in [5.74, 6) is -0.242. The number of benzene rings is 1. The highest BCUT2D eigenvalue weighted by Gasteiger charge is 2.01. The first-order valence-electron chi connectivity index (χ1n) is 5.43. The number of aryl methyl sites for hydroxylation is 1. The van der Waals surface area contributed by atoms with Gasteiger partial charge in [0.25, 0.3) is 0 Å². The van der Waals surface area contributed by atoms with Crippen LogP contribution in [0.25, 0.3) is 0 Å². The van der Waals surface area contributed by atoms with Crippen molar-refractivity contribution in [2.24, 2.45) is 5.73 Å². The van der Waals surface area contributed by atoms with E-state index in [0.717, 1.165) is 12.0 Å². The Labute approximate surface area is 94.8 Å². The average Bonchev–Trinajstić information content (AvgIpc) is 2.29. The van der Waals surface area contributed by atoms with Crippen LogP contribution in [0.5, 0.6) is 0 Å². The van der Waals surface area contributed by atoms with E-state index in [1.54, 1.807) is 12.1 Å². The number of hydrogen-bond donors (Lipinski definition) is 2. The van der Waals surface area contributed by atoms with E-state index in [1.807, 2.05) is 0 Å². The minimum absolute atomic E-state index is 0.0118. The van der Waals surface area contributed by atoms with Crippen LogP contribution in [0.2, 0.25) is 0 Å². The summed E-state index contributed by atoms with van der Waals surface area (Å²) in [6.07, 6.45) is 1.85. The third-order valence-electron chi connectivity index (χ3n) is 2.26. The zero-order valence-electron chi connectivity index (χ0n) is 9.21. The Bertz CT molecular complexity index is 324. The van der Waals surface area contributed by atoms with Crippen LogP contribution in [0, 0.1) is 5.82 Å². The first-order valence-corrected chi connectivity index (χ1v) is 5.43. The molecule has 0 aliphatic carbocycles. The molecule has 0 saturated heterocycles. The van der Waals surface area contributed by atoms with Crippen LogP contribution in [-0.4, -0.2) is 19.0 Å². The number of halogens is 1. The molecule has 0 bridgehead atoms. The summed E-state index contributed by atoms with van der Waals surface area (Å²) >= 11 is 0. The Morgan fingerprint density at radius 2 is 2.00 bits per heavy atom. The molecule has 0 aliphatic heterocycles. The van der Waals surface area contributed by atoms with Gasteiger partial charge in [-0.2, -0.15) is 0 Å². The minimum atomic E-state index is -0.254. The van der Waals surface area contributed by atoms with E-state index in [4.69, 9.17) is 5.73 Å². The summed E-state index contributed by atoms with van der Waals surface area (Å²) in [5.41, 5.74) is 6.28. The maximum atomic E-state index is 12.6. The largest absolute Gasteiger partial charge is 0.356 e. The van der Waals surface area contributed by atoms with Gasteiger partial charge >= 0.3 is 0 Å². The normalized spacial score (nSPS) is 10.1. The lowest BCUT2D eigenvalue weighted by Crippen LogP contribution is -2.26. The Morgan fingerprint density at radius 3 is 2.62 bits per heavy atom. The van der Waals surface area contributed by atoms with Gasteiger partial charge in [0, 0.05) is 13.0 Å². The highest BCUT2D eigenvalue weighted by molar-refractivity contribution is 5.76. The van der Waals surface area contributed by atoms with Crippen molar-refractivity contribution in [2.45, 2.75) is 19.3 Å². The number of carbonyl (C=O) groups excluding carboxylic acids is 1. The summed E-state index contributed by atoms with van der Waals surface area (Å²) < 4.78 is 12.6. The molecule has 3 N–H and O–H groups in total. The van der Waals surface area contributed by atoms with Gasteiger partial charge in [0.1, 0.15) is 5.82 Å². The van der Waals surface area contributed by atoms with Gasteiger partial charge in [0.15, 0.2) is 0 Å². The predicted molar refractivity (Wildman–Crippen MR) is 61.4 cm³/mol. The van der Waals surface area contributed by atoms with Gasteiger partial charge in [0.05, 0.1) is 0 Å². The van der Waals surface area contributed by atoms with Crippen LogP contribution in [0.3, 0.4) is 0 Å². The smallest absolute Gasteiger partial charge is 0.220 e. The summed E-state index contributed by atoms with van der Waals surface area (Å²) in [6, 6.07) is 6.20. The number of carbonyl (C=O) groups is 1. The van der Waals surface area contributed by atoms with Gasteiger partial charge in [-0.05, 0) is 37.1 Å². The van der Waals surface area contributed by atoms with E-state index < -0.39 is 0 Å². The van der Waals surface area contributed by atoms with Gasteiger partial charge in [-0.25, -0.2) is 4.39 Å². The second-order valence-electron chi connectivity index (χ2n) is 3.62. The van der Waals surface area contributed by atoms with Crippen molar-refractivity contribution in [3.8, 4) is 0 Å². The van der Waals surface area contributed by atoms with Crippen LogP contribution in [0.15, 0.2) is 24.3 Å². The molecule has 0 atom stereocenters. The van der Waals surface area contributed by atoms with Gasteiger partial charge in [0.2, 0.25) is 5.91 Å². The molecular weight excluding hydrogens is 207 g/mol. The fraction of sp³-hybridized carbons (Fsp3) is 0.417. The number of hydrogen-bond acceptors (Lipinski definition) is 2. The monoisotopic (exact) mass is 224 g/mol. The molecule has 1 rings (SSSR count). The van der Waals surface area contributed by atoms with Crippen molar-refractivity contribution in [3.05, 3.63) is 35.6 Å². The first-order chi connectivity index (χ1) is 7.72. The molecular formula is C12H17FN2O. The van der Waals surface area contributed by atoms with Crippen molar-refractivity contribution in [1.82, 2.24) is 5.32 Å². The molecule has 0 unspecified atom stereocenters. The van der Waals surface area contributed by atoms with Crippen LogP contribution in [0.4, 0.5) is 4.39 Å². The number of nitrogens with one attached hydrogen (secondary N) is 1. The average molecular weight is 224 g/mol. The summed E-state index contributed by atoms with van der Waals surface area (Å²) in [4.78, 5) is 11.3. The lowest BCUT2D eigenvalue weighted by Gasteiger charge is -2.04. The predicted octanol–water partition coefficient (Wildman–Crippen LogP) is 1.22. The molecule has 3 nitrogen and oxygen atoms in total. The SMILES string of the molecule is NCCCNC(=O)CCc1ccc(F)cc1. The third kappa shape index (κ3) is 4.89. The summed E-state index contributed by atoms with van der Waals surface area (Å²) in [5, 5.41) is 2.77. The van der Waals surface area contributed by atoms with Crippen molar-refractivity contribution in [1.29, 1.82) is 0 Å². The maximum absolute atomic E-state index is 12.6. The Balaban J connectivity index is 2.23. The number of amides is 1. The summed E-state index contributed by atoms with van der Waals surface area (Å²) in [6.45, 7) is 1.21. The van der Waals surface area contributed by atoms with Gasteiger partial charge in [-0.1, -0.05) is 12.1 Å². The van der Waals surface area contributed by atoms with E-state index in [-0.39, 0.29) is 11.7 Å². The van der Waals surface area contributed by atoms with E-state index in [0.29, 0.717) is 25.9 Å². The quantitative estimate of drug-likeness (QED) is 0.714. The third-order valence-corrected chi connectivity index (χ3v) is 2.26. The molecule has 1 aromatic rings. The van der Waals surface area contributed by atoms with E-state index in [2.05, 4.69) is 5.32 Å². The van der Waals surface area contributed by atoms with E-state index in [9.17, 15) is 9.18 Å². The lowest BCUT2D eigenvalue weighted by molar-refractivity contribution is -0.121. The standard InChI is InChI=1S/C12H17FN2O/c13-11-5-2-10(3-6-11)4-7-12(16)15-9-1-8-14/h2-3,5-6H,1,4,7-9,14H2,(H,15,16). The van der Waals surface area contributed by atoms with Crippen molar-refractivity contribution >= 4 is 5.91 Å². The van der Waals surface area contributed by atoms with Crippen LogP contribution in [-0.2, 0) is 11.2 Å². The van der Waals surface area contributed by atoms with E-state index >= 15 is 0 Å². The molecule has 0 spiro atoms. The zero-order chi connectivity index (χ0) is 11.8. The molecule has 0 saturated carbocycles. The molecule has 0 aliphatic rings. The second kappa shape index (κ2) is 6.95. The molecule has 0 fully saturated rings. The van der Waals surface area contributed by atoms with E-state index in [1.165, 1.54) is 12.1 Å². The van der Waals surface area contributed by atoms with Crippen LogP contribution >= 0.6 is 0 Å². The minimum Gasteiger partial charge on any atom is -0.356 e. The molecule has 88 valence electrons.